The molecule has 14 heavy (non-hydrogen) atoms. The van der Waals surface area contributed by atoms with Crippen LogP contribution in [0.15, 0.2) is 12.1 Å². The molecule has 5 nitrogen and oxygen atoms in total. The van der Waals surface area contributed by atoms with Crippen molar-refractivity contribution in [3.05, 3.63) is 17.7 Å². The summed E-state index contributed by atoms with van der Waals surface area (Å²) in [6.07, 6.45) is 1.000. The largest absolute Gasteiger partial charge is 0.381 e. The molecular weight excluding hydrogens is 182 g/mol. The minimum absolute atomic E-state index is 0.338. The summed E-state index contributed by atoms with van der Waals surface area (Å²) in [5.74, 6) is 0.680. The molecule has 0 saturated heterocycles. The van der Waals surface area contributed by atoms with Gasteiger partial charge in [-0.05, 0) is 18.1 Å². The van der Waals surface area contributed by atoms with Gasteiger partial charge in [0.1, 0.15) is 0 Å². The molecule has 3 N–H and O–H groups in total. The molecular formula is C9H9N3O2. The highest BCUT2D eigenvalue weighted by Crippen LogP contribution is 2.39. The van der Waals surface area contributed by atoms with E-state index in [1.807, 2.05) is 12.1 Å². The average molecular weight is 191 g/mol. The molecule has 1 aromatic carbocycles. The van der Waals surface area contributed by atoms with E-state index >= 15 is 0 Å². The van der Waals surface area contributed by atoms with Gasteiger partial charge in [0.05, 0.1) is 11.4 Å². The number of hydroxylamine groups is 1. The van der Waals surface area contributed by atoms with Gasteiger partial charge < -0.3 is 15.5 Å². The maximum Gasteiger partial charge on any atom is 0.352 e. The summed E-state index contributed by atoms with van der Waals surface area (Å²) in [4.78, 5) is 16.1. The standard InChI is InChI=1S/C9H9N3O2/c13-9-11-6-2-1-5-3-4-10-7(5)8(6)14-12-9/h1-2,10H,3-4H2,(H2,11,12,13). The number of nitrogens with one attached hydrogen (secondary N) is 3. The van der Waals surface area contributed by atoms with Crippen LogP contribution >= 0.6 is 0 Å². The summed E-state index contributed by atoms with van der Waals surface area (Å²) in [5, 5.41) is 5.90. The molecule has 0 aromatic heterocycles. The number of carbonyl (C=O) groups excluding carboxylic acids is 1. The van der Waals surface area contributed by atoms with Crippen molar-refractivity contribution in [2.45, 2.75) is 6.42 Å². The highest BCUT2D eigenvalue weighted by molar-refractivity contribution is 5.94. The number of anilines is 2. The maximum atomic E-state index is 11.0. The molecule has 0 atom stereocenters. The van der Waals surface area contributed by atoms with E-state index in [9.17, 15) is 4.79 Å². The number of urea groups is 1. The molecule has 0 fully saturated rings. The molecule has 2 amide bonds. The van der Waals surface area contributed by atoms with Crippen LogP contribution in [0.4, 0.5) is 16.2 Å². The number of benzene rings is 1. The first-order valence-corrected chi connectivity index (χ1v) is 4.48. The second-order valence-corrected chi connectivity index (χ2v) is 3.31. The van der Waals surface area contributed by atoms with E-state index in [-0.39, 0.29) is 6.03 Å². The first kappa shape index (κ1) is 7.49. The fourth-order valence-electron chi connectivity index (χ4n) is 1.80. The van der Waals surface area contributed by atoms with Gasteiger partial charge in [0, 0.05) is 6.54 Å². The van der Waals surface area contributed by atoms with Crippen LogP contribution in [0.3, 0.4) is 0 Å². The summed E-state index contributed by atoms with van der Waals surface area (Å²) < 4.78 is 0. The number of hydrogen-bond acceptors (Lipinski definition) is 3. The van der Waals surface area contributed by atoms with Crippen LogP contribution in [0, 0.1) is 0 Å². The van der Waals surface area contributed by atoms with Crippen molar-refractivity contribution in [3.63, 3.8) is 0 Å². The molecule has 5 heteroatoms. The molecule has 0 spiro atoms. The van der Waals surface area contributed by atoms with E-state index < -0.39 is 0 Å². The Kier molecular flexibility index (Phi) is 1.36. The quantitative estimate of drug-likeness (QED) is 0.575. The van der Waals surface area contributed by atoms with Crippen LogP contribution in [0.1, 0.15) is 5.56 Å². The summed E-state index contributed by atoms with van der Waals surface area (Å²) in [6, 6.07) is 3.53. The van der Waals surface area contributed by atoms with Crippen LogP contribution < -0.4 is 21.0 Å². The van der Waals surface area contributed by atoms with Gasteiger partial charge in [-0.25, -0.2) is 4.79 Å². The molecule has 3 rings (SSSR count). The molecule has 72 valence electrons. The van der Waals surface area contributed by atoms with E-state index in [0.29, 0.717) is 11.4 Å². The molecule has 0 saturated carbocycles. The molecule has 0 unspecified atom stereocenters. The Morgan fingerprint density at radius 1 is 1.36 bits per heavy atom. The van der Waals surface area contributed by atoms with Crippen LogP contribution in [0.2, 0.25) is 0 Å². The van der Waals surface area contributed by atoms with Crippen LogP contribution in [-0.2, 0) is 6.42 Å². The van der Waals surface area contributed by atoms with Gasteiger partial charge in [-0.2, -0.15) is 5.48 Å². The molecule has 2 heterocycles. The summed E-state index contributed by atoms with van der Waals surface area (Å²) in [7, 11) is 0. The van der Waals surface area contributed by atoms with Crippen LogP contribution in [0.5, 0.6) is 5.75 Å². The average Bonchev–Trinajstić information content (AvgIpc) is 2.65. The minimum atomic E-state index is -0.338. The van der Waals surface area contributed by atoms with Crippen molar-refractivity contribution in [2.24, 2.45) is 0 Å². The Morgan fingerprint density at radius 2 is 2.29 bits per heavy atom. The highest BCUT2D eigenvalue weighted by atomic mass is 16.7. The van der Waals surface area contributed by atoms with Crippen molar-refractivity contribution in [2.75, 3.05) is 17.2 Å². The lowest BCUT2D eigenvalue weighted by molar-refractivity contribution is 0.184. The number of carbonyl (C=O) groups is 1. The Balaban J connectivity index is 2.14. The van der Waals surface area contributed by atoms with Gasteiger partial charge in [0.2, 0.25) is 5.75 Å². The number of hydrogen-bond donors (Lipinski definition) is 3. The normalized spacial score (nSPS) is 17.0. The molecule has 0 radical (unpaired) electrons. The topological polar surface area (TPSA) is 62.4 Å². The first-order chi connectivity index (χ1) is 6.84. The van der Waals surface area contributed by atoms with E-state index in [1.54, 1.807) is 0 Å². The molecule has 1 aromatic rings. The highest BCUT2D eigenvalue weighted by Gasteiger charge is 2.23. The lowest BCUT2D eigenvalue weighted by Crippen LogP contribution is -2.36. The molecule has 0 aliphatic carbocycles. The van der Waals surface area contributed by atoms with Gasteiger partial charge >= 0.3 is 6.03 Å². The fourth-order valence-corrected chi connectivity index (χ4v) is 1.80. The molecule has 2 aliphatic heterocycles. The lowest BCUT2D eigenvalue weighted by Gasteiger charge is -2.20. The van der Waals surface area contributed by atoms with Crippen LogP contribution in [-0.4, -0.2) is 12.6 Å². The fraction of sp³-hybridized carbons (Fsp3) is 0.222. The third-order valence-corrected chi connectivity index (χ3v) is 2.43. The van der Waals surface area contributed by atoms with Crippen molar-refractivity contribution in [1.82, 2.24) is 5.48 Å². The van der Waals surface area contributed by atoms with Crippen LogP contribution in [0.25, 0.3) is 0 Å². The Labute approximate surface area is 80.4 Å². The third-order valence-electron chi connectivity index (χ3n) is 2.43. The van der Waals surface area contributed by atoms with E-state index in [0.717, 1.165) is 18.7 Å². The molecule has 0 bridgehead atoms. The second kappa shape index (κ2) is 2.54. The van der Waals surface area contributed by atoms with Gasteiger partial charge in [-0.3, -0.25) is 0 Å². The lowest BCUT2D eigenvalue weighted by atomic mass is 10.1. The monoisotopic (exact) mass is 191 g/mol. The van der Waals surface area contributed by atoms with E-state index in [4.69, 9.17) is 4.84 Å². The molecule has 2 aliphatic rings. The third kappa shape index (κ3) is 0.921. The van der Waals surface area contributed by atoms with Gasteiger partial charge in [0.15, 0.2) is 0 Å². The zero-order valence-corrected chi connectivity index (χ0v) is 7.39. The smallest absolute Gasteiger partial charge is 0.352 e. The van der Waals surface area contributed by atoms with E-state index in [1.165, 1.54) is 5.56 Å². The summed E-state index contributed by atoms with van der Waals surface area (Å²) in [6.45, 7) is 0.920. The Morgan fingerprint density at radius 3 is 3.21 bits per heavy atom. The SMILES string of the molecule is O=C1NOc2c(ccc3c2NCC3)N1. The minimum Gasteiger partial charge on any atom is -0.381 e. The maximum absolute atomic E-state index is 11.0. The van der Waals surface area contributed by atoms with E-state index in [2.05, 4.69) is 16.1 Å². The van der Waals surface area contributed by atoms with Gasteiger partial charge in [-0.1, -0.05) is 6.07 Å². The number of rotatable bonds is 0. The zero-order valence-electron chi connectivity index (χ0n) is 7.39. The van der Waals surface area contributed by atoms with Crippen molar-refractivity contribution in [3.8, 4) is 5.75 Å². The summed E-state index contributed by atoms with van der Waals surface area (Å²) >= 11 is 0. The summed E-state index contributed by atoms with van der Waals surface area (Å²) in [5.41, 5.74) is 5.19. The van der Waals surface area contributed by atoms with Gasteiger partial charge in [0.25, 0.3) is 0 Å². The Bertz CT molecular complexity index is 417. The predicted octanol–water partition coefficient (Wildman–Crippen LogP) is 1.08. The zero-order chi connectivity index (χ0) is 9.54. The first-order valence-electron chi connectivity index (χ1n) is 4.48. The second-order valence-electron chi connectivity index (χ2n) is 3.31. The Hall–Kier alpha value is -1.91. The van der Waals surface area contributed by atoms with Crippen molar-refractivity contribution < 1.29 is 9.63 Å². The number of fused-ring (bicyclic) bond motifs is 3. The van der Waals surface area contributed by atoms with Crippen molar-refractivity contribution in [1.29, 1.82) is 0 Å². The van der Waals surface area contributed by atoms with Crippen molar-refractivity contribution >= 4 is 17.4 Å². The number of amides is 2. The predicted molar refractivity (Wildman–Crippen MR) is 51.4 cm³/mol. The van der Waals surface area contributed by atoms with Gasteiger partial charge in [-0.15, -0.1) is 0 Å².